The topological polar surface area (TPSA) is 0 Å². The molecule has 0 nitrogen and oxygen atoms in total. The van der Waals surface area contributed by atoms with Gasteiger partial charge in [0.15, 0.2) is 0 Å². The van der Waals surface area contributed by atoms with Crippen LogP contribution in [-0.2, 0) is 0 Å². The lowest BCUT2D eigenvalue weighted by molar-refractivity contribution is 1.09. The Morgan fingerprint density at radius 2 is 0.292 bits per heavy atom. The highest BCUT2D eigenvalue weighted by molar-refractivity contribution is 5.00. The van der Waals surface area contributed by atoms with Crippen molar-refractivity contribution in [3.63, 3.8) is 0 Å². The van der Waals surface area contributed by atoms with Crippen molar-refractivity contribution < 1.29 is 0 Å². The highest BCUT2D eigenvalue weighted by atomic mass is 13.7. The molecule has 0 aromatic heterocycles. The molecule has 0 unspecified atom stereocenters. The molecule has 0 aliphatic heterocycles. The Labute approximate surface area is 150 Å². The lowest BCUT2D eigenvalue weighted by Crippen LogP contribution is -1.47. The van der Waals surface area contributed by atoms with Crippen molar-refractivity contribution in [1.29, 1.82) is 0 Å². The van der Waals surface area contributed by atoms with Gasteiger partial charge in [-0.3, -0.25) is 0 Å². The molecule has 0 aliphatic carbocycles. The predicted octanol–water partition coefficient (Wildman–Crippen LogP) is 7.89. The van der Waals surface area contributed by atoms with E-state index in [1.807, 2.05) is 109 Å². The summed E-state index contributed by atoms with van der Waals surface area (Å²) in [7, 11) is 0. The van der Waals surface area contributed by atoms with E-state index in [4.69, 9.17) is 0 Å². The minimum atomic E-state index is 1.25. The molecule has 3 aromatic carbocycles. The summed E-state index contributed by atoms with van der Waals surface area (Å²) >= 11 is 0. The Hall–Kier alpha value is -2.34. The fraction of sp³-hybridized carbons (Fsp3) is 0.250. The maximum Gasteiger partial charge on any atom is -0.0590 e. The Kier molecular flexibility index (Phi) is 25.5. The summed E-state index contributed by atoms with van der Waals surface area (Å²) in [4.78, 5) is 0. The van der Waals surface area contributed by atoms with Gasteiger partial charge in [0.05, 0.1) is 0 Å². The fourth-order valence-corrected chi connectivity index (χ4v) is 1.15. The number of benzene rings is 3. The average molecular weight is 323 g/mol. The van der Waals surface area contributed by atoms with Crippen LogP contribution in [0.5, 0.6) is 0 Å². The molecule has 0 saturated carbocycles. The largest absolute Gasteiger partial charge is 0.0656 e. The standard InChI is InChI=1S/3C6H6.2C3H8/c3*1-2-4-6-5-3-1;2*1-3-2/h3*1-6H;2*3H2,1-2H3. The van der Waals surface area contributed by atoms with Crippen LogP contribution in [0.25, 0.3) is 0 Å². The van der Waals surface area contributed by atoms with E-state index in [0.717, 1.165) is 0 Å². The van der Waals surface area contributed by atoms with E-state index in [1.165, 1.54) is 12.8 Å². The van der Waals surface area contributed by atoms with E-state index in [1.54, 1.807) is 0 Å². The minimum absolute atomic E-state index is 1.25. The summed E-state index contributed by atoms with van der Waals surface area (Å²) in [6.45, 7) is 8.50. The van der Waals surface area contributed by atoms with Crippen LogP contribution < -0.4 is 0 Å². The maximum atomic E-state index is 2.12. The molecule has 0 radical (unpaired) electrons. The third-order valence-electron chi connectivity index (χ3n) is 2.00. The Morgan fingerprint density at radius 3 is 0.333 bits per heavy atom. The molecule has 24 heavy (non-hydrogen) atoms. The smallest absolute Gasteiger partial charge is 0.0590 e. The van der Waals surface area contributed by atoms with Crippen molar-refractivity contribution in [2.24, 2.45) is 0 Å². The molecule has 0 amide bonds. The van der Waals surface area contributed by atoms with E-state index in [0.29, 0.717) is 0 Å². The molecule has 3 rings (SSSR count). The molecule has 0 spiro atoms. The molecule has 130 valence electrons. The number of hydrogen-bond acceptors (Lipinski definition) is 0. The first-order chi connectivity index (χ1) is 11.8. The van der Waals surface area contributed by atoms with E-state index in [-0.39, 0.29) is 0 Å². The summed E-state index contributed by atoms with van der Waals surface area (Å²) in [5, 5.41) is 0. The van der Waals surface area contributed by atoms with E-state index >= 15 is 0 Å². The fourth-order valence-electron chi connectivity index (χ4n) is 1.15. The first-order valence-electron chi connectivity index (χ1n) is 8.83. The van der Waals surface area contributed by atoms with Crippen LogP contribution in [-0.4, -0.2) is 0 Å². The van der Waals surface area contributed by atoms with Crippen molar-refractivity contribution in [1.82, 2.24) is 0 Å². The third kappa shape index (κ3) is 27.9. The molecule has 0 heteroatoms. The van der Waals surface area contributed by atoms with Crippen molar-refractivity contribution in [2.75, 3.05) is 0 Å². The van der Waals surface area contributed by atoms with Crippen LogP contribution in [0.2, 0.25) is 0 Å². The summed E-state index contributed by atoms with van der Waals surface area (Å²) in [5.74, 6) is 0. The molecular weight excluding hydrogens is 288 g/mol. The van der Waals surface area contributed by atoms with Crippen LogP contribution in [0.3, 0.4) is 0 Å². The highest BCUT2D eigenvalue weighted by Gasteiger charge is 1.59. The lowest BCUT2D eigenvalue weighted by Gasteiger charge is -1.69. The van der Waals surface area contributed by atoms with Crippen molar-refractivity contribution >= 4 is 0 Å². The first kappa shape index (κ1) is 23.9. The van der Waals surface area contributed by atoms with E-state index in [9.17, 15) is 0 Å². The van der Waals surface area contributed by atoms with Crippen LogP contribution in [0.15, 0.2) is 109 Å². The zero-order valence-electron chi connectivity index (χ0n) is 15.8. The zero-order chi connectivity index (χ0) is 18.1. The van der Waals surface area contributed by atoms with Gasteiger partial charge in [-0.1, -0.05) is 150 Å². The summed E-state index contributed by atoms with van der Waals surface area (Å²) < 4.78 is 0. The van der Waals surface area contributed by atoms with Gasteiger partial charge in [-0.2, -0.15) is 0 Å². The Balaban J connectivity index is 0. The van der Waals surface area contributed by atoms with Crippen LogP contribution in [0.4, 0.5) is 0 Å². The van der Waals surface area contributed by atoms with Crippen molar-refractivity contribution in [3.8, 4) is 0 Å². The molecule has 0 bridgehead atoms. The molecule has 0 heterocycles. The second kappa shape index (κ2) is 25.6. The van der Waals surface area contributed by atoms with Gasteiger partial charge in [-0.15, -0.1) is 0 Å². The highest BCUT2D eigenvalue weighted by Crippen LogP contribution is 1.81. The number of rotatable bonds is 0. The van der Waals surface area contributed by atoms with E-state index < -0.39 is 0 Å². The molecule has 0 aliphatic rings. The quantitative estimate of drug-likeness (QED) is 0.394. The monoisotopic (exact) mass is 322 g/mol. The average Bonchev–Trinajstić information content (AvgIpc) is 2.68. The Bertz CT molecular complexity index is 317. The van der Waals surface area contributed by atoms with Gasteiger partial charge in [-0.25, -0.2) is 0 Å². The van der Waals surface area contributed by atoms with Gasteiger partial charge in [0.25, 0.3) is 0 Å². The van der Waals surface area contributed by atoms with Crippen LogP contribution in [0, 0.1) is 0 Å². The van der Waals surface area contributed by atoms with Crippen molar-refractivity contribution in [3.05, 3.63) is 109 Å². The van der Waals surface area contributed by atoms with Crippen LogP contribution in [0.1, 0.15) is 40.5 Å². The van der Waals surface area contributed by atoms with Gasteiger partial charge >= 0.3 is 0 Å². The van der Waals surface area contributed by atoms with Gasteiger partial charge in [0, 0.05) is 0 Å². The normalized spacial score (nSPS) is 7.50. The first-order valence-corrected chi connectivity index (χ1v) is 8.83. The van der Waals surface area contributed by atoms with Crippen LogP contribution >= 0.6 is 0 Å². The summed E-state index contributed by atoms with van der Waals surface area (Å²) in [5.41, 5.74) is 0. The SMILES string of the molecule is CCC.CCC.c1ccccc1.c1ccccc1.c1ccccc1. The summed E-state index contributed by atoms with van der Waals surface area (Å²) in [6.07, 6.45) is 2.50. The molecule has 3 aromatic rings. The van der Waals surface area contributed by atoms with E-state index in [2.05, 4.69) is 27.7 Å². The lowest BCUT2D eigenvalue weighted by atomic mass is 10.4. The van der Waals surface area contributed by atoms with Gasteiger partial charge in [-0.05, 0) is 0 Å². The van der Waals surface area contributed by atoms with Gasteiger partial charge in [0.1, 0.15) is 0 Å². The minimum Gasteiger partial charge on any atom is -0.0656 e. The third-order valence-corrected chi connectivity index (χ3v) is 2.00. The summed E-state index contributed by atoms with van der Waals surface area (Å²) in [6, 6.07) is 36.0. The van der Waals surface area contributed by atoms with Gasteiger partial charge in [0.2, 0.25) is 0 Å². The molecule has 0 fully saturated rings. The van der Waals surface area contributed by atoms with Crippen molar-refractivity contribution in [2.45, 2.75) is 40.5 Å². The number of hydrogen-bond donors (Lipinski definition) is 0. The zero-order valence-corrected chi connectivity index (χ0v) is 15.8. The second-order valence-electron chi connectivity index (χ2n) is 4.88. The molecule has 0 N–H and O–H groups in total. The predicted molar refractivity (Wildman–Crippen MR) is 111 cm³/mol. The molecular formula is C24H34. The van der Waals surface area contributed by atoms with Gasteiger partial charge < -0.3 is 0 Å². The maximum absolute atomic E-state index is 2.12. The molecule has 0 atom stereocenters. The second-order valence-corrected chi connectivity index (χ2v) is 4.88. The molecule has 0 saturated heterocycles. The Morgan fingerprint density at radius 1 is 0.250 bits per heavy atom.